The van der Waals surface area contributed by atoms with E-state index in [1.165, 1.54) is 17.3 Å². The summed E-state index contributed by atoms with van der Waals surface area (Å²) in [4.78, 5) is 16.9. The van der Waals surface area contributed by atoms with Crippen LogP contribution in [0, 0.1) is 13.8 Å². The number of hydrogen-bond acceptors (Lipinski definition) is 5. The van der Waals surface area contributed by atoms with Gasteiger partial charge in [0.15, 0.2) is 11.0 Å². The van der Waals surface area contributed by atoms with E-state index in [1.54, 1.807) is 12.4 Å². The van der Waals surface area contributed by atoms with Gasteiger partial charge in [-0.15, -0.1) is 10.2 Å². The molecule has 0 radical (unpaired) electrons. The number of aryl methyl sites for hydroxylation is 2. The van der Waals surface area contributed by atoms with Gasteiger partial charge < -0.3 is 5.32 Å². The Morgan fingerprint density at radius 1 is 1.00 bits per heavy atom. The number of nitrogens with one attached hydrogen (secondary N) is 1. The fourth-order valence-corrected chi connectivity index (χ4v) is 4.42. The maximum absolute atomic E-state index is 12.8. The molecule has 33 heavy (non-hydrogen) atoms. The first-order valence-corrected chi connectivity index (χ1v) is 12.0. The summed E-state index contributed by atoms with van der Waals surface area (Å²) in [6.07, 6.45) is 4.30. The molecule has 2 aromatic carbocycles. The van der Waals surface area contributed by atoms with Crippen molar-refractivity contribution in [3.8, 4) is 17.1 Å². The van der Waals surface area contributed by atoms with Crippen LogP contribution in [-0.2, 0) is 4.79 Å². The van der Waals surface area contributed by atoms with E-state index in [2.05, 4.69) is 71.6 Å². The van der Waals surface area contributed by atoms with Gasteiger partial charge in [0.25, 0.3) is 0 Å². The van der Waals surface area contributed by atoms with E-state index in [1.807, 2.05) is 34.9 Å². The fourth-order valence-electron chi connectivity index (χ4n) is 3.67. The number of benzene rings is 2. The van der Waals surface area contributed by atoms with E-state index in [9.17, 15) is 4.79 Å². The number of rotatable bonds is 8. The number of nitrogens with zero attached hydrogens (tertiary/aromatic N) is 4. The minimum Gasteiger partial charge on any atom is -0.349 e. The summed E-state index contributed by atoms with van der Waals surface area (Å²) in [7, 11) is 0. The predicted octanol–water partition coefficient (Wildman–Crippen LogP) is 5.31. The highest BCUT2D eigenvalue weighted by atomic mass is 32.2. The van der Waals surface area contributed by atoms with Gasteiger partial charge >= 0.3 is 0 Å². The number of hydrogen-bond donors (Lipinski definition) is 1. The highest BCUT2D eigenvalue weighted by Gasteiger charge is 2.19. The maximum atomic E-state index is 12.8. The minimum atomic E-state index is -0.0304. The van der Waals surface area contributed by atoms with Crippen LogP contribution >= 0.6 is 11.8 Å². The number of thioether (sulfide) groups is 1. The average Bonchev–Trinajstić information content (AvgIpc) is 3.26. The molecule has 1 amide bonds. The molecule has 0 spiro atoms. The number of pyridine rings is 1. The Balaban J connectivity index is 1.56. The van der Waals surface area contributed by atoms with Crippen LogP contribution in [-0.4, -0.2) is 31.4 Å². The van der Waals surface area contributed by atoms with Crippen molar-refractivity contribution in [1.29, 1.82) is 0 Å². The van der Waals surface area contributed by atoms with Gasteiger partial charge in [-0.25, -0.2) is 0 Å². The summed E-state index contributed by atoms with van der Waals surface area (Å²) in [6.45, 7) is 6.19. The third-order valence-electron chi connectivity index (χ3n) is 5.48. The van der Waals surface area contributed by atoms with Gasteiger partial charge in [-0.3, -0.25) is 14.3 Å². The summed E-state index contributed by atoms with van der Waals surface area (Å²) >= 11 is 1.39. The van der Waals surface area contributed by atoms with Gasteiger partial charge in [0.2, 0.25) is 5.91 Å². The van der Waals surface area contributed by atoms with Crippen molar-refractivity contribution in [3.63, 3.8) is 0 Å². The molecule has 0 saturated carbocycles. The Hall–Kier alpha value is -3.45. The standard InChI is InChI=1S/C26H27N5OS/c1-4-22(20-11-9-18(2)10-12-20)28-24(32)17-33-26-30-29-25(21-13-15-27-16-14-21)31(26)23-8-6-5-7-19(23)3/h5-16,22H,4,17H2,1-3H3,(H,28,32)/t22-/m0/s1. The number of carbonyl (C=O) groups excluding carboxylic acids is 1. The lowest BCUT2D eigenvalue weighted by Gasteiger charge is -2.18. The maximum Gasteiger partial charge on any atom is 0.230 e. The van der Waals surface area contributed by atoms with Crippen LogP contribution in [0.25, 0.3) is 17.1 Å². The number of para-hydroxylation sites is 1. The Kier molecular flexibility index (Phi) is 7.19. The third-order valence-corrected chi connectivity index (χ3v) is 6.41. The molecule has 7 heteroatoms. The lowest BCUT2D eigenvalue weighted by atomic mass is 10.0. The molecule has 4 rings (SSSR count). The van der Waals surface area contributed by atoms with Gasteiger partial charge in [0.1, 0.15) is 0 Å². The van der Waals surface area contributed by atoms with Gasteiger partial charge in [-0.2, -0.15) is 0 Å². The summed E-state index contributed by atoms with van der Waals surface area (Å²) in [5.41, 5.74) is 5.33. The molecule has 0 saturated heterocycles. The molecular formula is C26H27N5OS. The van der Waals surface area contributed by atoms with Crippen LogP contribution in [0.4, 0.5) is 0 Å². The van der Waals surface area contributed by atoms with E-state index in [0.717, 1.165) is 34.6 Å². The van der Waals surface area contributed by atoms with Crippen molar-refractivity contribution in [2.75, 3.05) is 5.75 Å². The largest absolute Gasteiger partial charge is 0.349 e. The summed E-state index contributed by atoms with van der Waals surface area (Å²) in [5.74, 6) is 0.945. The minimum absolute atomic E-state index is 0.0136. The quantitative estimate of drug-likeness (QED) is 0.363. The second-order valence-corrected chi connectivity index (χ2v) is 8.83. The van der Waals surface area contributed by atoms with Gasteiger partial charge in [-0.05, 0) is 49.6 Å². The van der Waals surface area contributed by atoms with E-state index < -0.39 is 0 Å². The van der Waals surface area contributed by atoms with Crippen LogP contribution in [0.5, 0.6) is 0 Å². The first-order chi connectivity index (χ1) is 16.1. The third kappa shape index (κ3) is 5.31. The van der Waals surface area contributed by atoms with Crippen molar-refractivity contribution in [3.05, 3.63) is 89.7 Å². The summed E-state index contributed by atoms with van der Waals surface area (Å²) in [5, 5.41) is 12.7. The van der Waals surface area contributed by atoms with E-state index in [-0.39, 0.29) is 17.7 Å². The zero-order chi connectivity index (χ0) is 23.2. The molecule has 0 bridgehead atoms. The Morgan fingerprint density at radius 3 is 2.42 bits per heavy atom. The Labute approximate surface area is 198 Å². The van der Waals surface area contributed by atoms with E-state index >= 15 is 0 Å². The summed E-state index contributed by atoms with van der Waals surface area (Å²) in [6, 6.07) is 20.2. The monoisotopic (exact) mass is 457 g/mol. The zero-order valence-corrected chi connectivity index (χ0v) is 19.8. The molecule has 4 aromatic rings. The van der Waals surface area contributed by atoms with E-state index in [0.29, 0.717) is 5.16 Å². The van der Waals surface area contributed by atoms with Crippen molar-refractivity contribution < 1.29 is 4.79 Å². The highest BCUT2D eigenvalue weighted by Crippen LogP contribution is 2.29. The number of aromatic nitrogens is 4. The fraction of sp³-hybridized carbons (Fsp3) is 0.231. The van der Waals surface area contributed by atoms with E-state index in [4.69, 9.17) is 0 Å². The summed E-state index contributed by atoms with van der Waals surface area (Å²) < 4.78 is 2.01. The SMILES string of the molecule is CC[C@H](NC(=O)CSc1nnc(-c2ccncc2)n1-c1ccccc1C)c1ccc(C)cc1. The highest BCUT2D eigenvalue weighted by molar-refractivity contribution is 7.99. The van der Waals surface area contributed by atoms with Gasteiger partial charge in [0.05, 0.1) is 17.5 Å². The molecule has 2 heterocycles. The first kappa shape index (κ1) is 22.7. The first-order valence-electron chi connectivity index (χ1n) is 11.0. The molecule has 0 aliphatic carbocycles. The molecule has 0 aliphatic rings. The molecule has 168 valence electrons. The Bertz CT molecular complexity index is 1220. The lowest BCUT2D eigenvalue weighted by Crippen LogP contribution is -2.29. The molecule has 1 N–H and O–H groups in total. The van der Waals surface area contributed by atoms with Crippen LogP contribution < -0.4 is 5.32 Å². The van der Waals surface area contributed by atoms with Crippen LogP contribution in [0.1, 0.15) is 36.1 Å². The predicted molar refractivity (Wildman–Crippen MR) is 132 cm³/mol. The molecule has 0 fully saturated rings. The van der Waals surface area contributed by atoms with Gasteiger partial charge in [0, 0.05) is 18.0 Å². The second kappa shape index (κ2) is 10.4. The number of amides is 1. The van der Waals surface area contributed by atoms with Gasteiger partial charge in [-0.1, -0.05) is 66.7 Å². The molecule has 0 aliphatic heterocycles. The van der Waals surface area contributed by atoms with Crippen molar-refractivity contribution in [2.45, 2.75) is 38.4 Å². The van der Waals surface area contributed by atoms with Crippen molar-refractivity contribution in [1.82, 2.24) is 25.1 Å². The molecule has 1 atom stereocenters. The van der Waals surface area contributed by atoms with Crippen molar-refractivity contribution >= 4 is 17.7 Å². The molecule has 2 aromatic heterocycles. The van der Waals surface area contributed by atoms with Crippen LogP contribution in [0.15, 0.2) is 78.2 Å². The topological polar surface area (TPSA) is 72.7 Å². The van der Waals surface area contributed by atoms with Crippen LogP contribution in [0.3, 0.4) is 0 Å². The zero-order valence-electron chi connectivity index (χ0n) is 19.0. The molecule has 0 unspecified atom stereocenters. The van der Waals surface area contributed by atoms with Crippen molar-refractivity contribution in [2.24, 2.45) is 0 Å². The number of carbonyl (C=O) groups is 1. The average molecular weight is 458 g/mol. The lowest BCUT2D eigenvalue weighted by molar-refractivity contribution is -0.119. The van der Waals surface area contributed by atoms with Crippen LogP contribution in [0.2, 0.25) is 0 Å². The Morgan fingerprint density at radius 2 is 1.73 bits per heavy atom. The normalized spacial score (nSPS) is 11.8. The molecule has 6 nitrogen and oxygen atoms in total. The second-order valence-electron chi connectivity index (χ2n) is 7.89. The smallest absolute Gasteiger partial charge is 0.230 e. The molecular weight excluding hydrogens is 430 g/mol.